The molecule has 1 aliphatic carbocycles. The van der Waals surface area contributed by atoms with Crippen molar-refractivity contribution in [2.45, 2.75) is 64.7 Å². The summed E-state index contributed by atoms with van der Waals surface area (Å²) in [6.45, 7) is 2.38. The fraction of sp³-hybridized carbons (Fsp3) is 0.929. The van der Waals surface area contributed by atoms with E-state index in [1.54, 1.807) is 0 Å². The van der Waals surface area contributed by atoms with Crippen molar-refractivity contribution < 1.29 is 15.0 Å². The van der Waals surface area contributed by atoms with E-state index in [0.717, 1.165) is 51.4 Å². The van der Waals surface area contributed by atoms with Gasteiger partial charge in [0.15, 0.2) is 0 Å². The molecular formula is C14H26O3. The summed E-state index contributed by atoms with van der Waals surface area (Å²) in [6, 6.07) is 0. The molecule has 0 radical (unpaired) electrons. The molecule has 1 aliphatic rings. The molecule has 1 fully saturated rings. The Kier molecular flexibility index (Phi) is 5.96. The lowest BCUT2D eigenvalue weighted by Crippen LogP contribution is -2.36. The van der Waals surface area contributed by atoms with Crippen LogP contribution in [0.4, 0.5) is 0 Å². The molecular weight excluding hydrogens is 216 g/mol. The molecule has 3 nitrogen and oxygen atoms in total. The Morgan fingerprint density at radius 1 is 1.35 bits per heavy atom. The maximum atomic E-state index is 11.6. The summed E-state index contributed by atoms with van der Waals surface area (Å²) < 4.78 is 0. The Morgan fingerprint density at radius 2 is 2.12 bits per heavy atom. The molecule has 0 aromatic heterocycles. The van der Waals surface area contributed by atoms with Crippen LogP contribution in [0.25, 0.3) is 0 Å². The largest absolute Gasteiger partial charge is 0.481 e. The highest BCUT2D eigenvalue weighted by Gasteiger charge is 2.41. The van der Waals surface area contributed by atoms with Crippen molar-refractivity contribution in [3.8, 4) is 0 Å². The number of aliphatic hydroxyl groups is 1. The second kappa shape index (κ2) is 7.00. The van der Waals surface area contributed by atoms with Crippen LogP contribution in [0.5, 0.6) is 0 Å². The van der Waals surface area contributed by atoms with Crippen molar-refractivity contribution in [3.05, 3.63) is 0 Å². The lowest BCUT2D eigenvalue weighted by molar-refractivity contribution is -0.153. The van der Waals surface area contributed by atoms with Crippen LogP contribution in [0.15, 0.2) is 0 Å². The fourth-order valence-corrected chi connectivity index (χ4v) is 3.11. The van der Waals surface area contributed by atoms with E-state index in [9.17, 15) is 9.90 Å². The van der Waals surface area contributed by atoms with Gasteiger partial charge in [0.05, 0.1) is 5.41 Å². The van der Waals surface area contributed by atoms with Gasteiger partial charge in [-0.1, -0.05) is 39.0 Å². The van der Waals surface area contributed by atoms with Gasteiger partial charge in [0.25, 0.3) is 0 Å². The maximum absolute atomic E-state index is 11.6. The summed E-state index contributed by atoms with van der Waals surface area (Å²) in [6.07, 6.45) is 8.53. The zero-order valence-corrected chi connectivity index (χ0v) is 11.0. The second-order valence-corrected chi connectivity index (χ2v) is 5.49. The van der Waals surface area contributed by atoms with Crippen LogP contribution >= 0.6 is 0 Å². The summed E-state index contributed by atoms with van der Waals surface area (Å²) >= 11 is 0. The van der Waals surface area contributed by atoms with Crippen LogP contribution in [0.2, 0.25) is 0 Å². The van der Waals surface area contributed by atoms with Crippen LogP contribution < -0.4 is 0 Å². The van der Waals surface area contributed by atoms with E-state index in [1.165, 1.54) is 6.42 Å². The molecule has 1 rings (SSSR count). The maximum Gasteiger partial charge on any atom is 0.309 e. The first-order valence-corrected chi connectivity index (χ1v) is 6.99. The number of carbonyl (C=O) groups is 1. The first kappa shape index (κ1) is 14.5. The molecule has 0 amide bonds. The molecule has 0 heterocycles. The average Bonchev–Trinajstić information content (AvgIpc) is 2.35. The predicted octanol–water partition coefficient (Wildman–Crippen LogP) is 3.21. The van der Waals surface area contributed by atoms with Crippen molar-refractivity contribution in [3.63, 3.8) is 0 Å². The minimum absolute atomic E-state index is 0.220. The SMILES string of the molecule is CCC1CCCC(CCCCCO)(C(=O)O)C1. The van der Waals surface area contributed by atoms with E-state index in [2.05, 4.69) is 6.92 Å². The fourth-order valence-electron chi connectivity index (χ4n) is 3.11. The highest BCUT2D eigenvalue weighted by atomic mass is 16.4. The molecule has 17 heavy (non-hydrogen) atoms. The van der Waals surface area contributed by atoms with Crippen LogP contribution in [0.1, 0.15) is 64.7 Å². The number of hydrogen-bond acceptors (Lipinski definition) is 2. The van der Waals surface area contributed by atoms with Gasteiger partial charge in [0.2, 0.25) is 0 Å². The zero-order valence-electron chi connectivity index (χ0n) is 11.0. The molecule has 0 bridgehead atoms. The van der Waals surface area contributed by atoms with E-state index in [-0.39, 0.29) is 6.61 Å². The Morgan fingerprint density at radius 3 is 2.71 bits per heavy atom. The number of carboxylic acid groups (broad SMARTS) is 1. The quantitative estimate of drug-likeness (QED) is 0.674. The zero-order chi connectivity index (χ0) is 12.7. The number of aliphatic carboxylic acids is 1. The average molecular weight is 242 g/mol. The molecule has 0 aromatic carbocycles. The number of unbranched alkanes of at least 4 members (excludes halogenated alkanes) is 2. The summed E-state index contributed by atoms with van der Waals surface area (Å²) in [4.78, 5) is 11.6. The summed E-state index contributed by atoms with van der Waals surface area (Å²) in [5, 5.41) is 18.2. The monoisotopic (exact) mass is 242 g/mol. The molecule has 0 saturated heterocycles. The van der Waals surface area contributed by atoms with Crippen LogP contribution in [0.3, 0.4) is 0 Å². The van der Waals surface area contributed by atoms with E-state index >= 15 is 0 Å². The van der Waals surface area contributed by atoms with Crippen molar-refractivity contribution >= 4 is 5.97 Å². The standard InChI is InChI=1S/C14H26O3/c1-2-12-7-6-9-14(11-12,13(16)17)8-4-3-5-10-15/h12,15H,2-11H2,1H3,(H,16,17). The van der Waals surface area contributed by atoms with E-state index in [0.29, 0.717) is 5.92 Å². The second-order valence-electron chi connectivity index (χ2n) is 5.49. The van der Waals surface area contributed by atoms with Gasteiger partial charge in [-0.05, 0) is 31.6 Å². The molecule has 0 aliphatic heterocycles. The first-order valence-electron chi connectivity index (χ1n) is 6.99. The number of aliphatic hydroxyl groups excluding tert-OH is 1. The minimum Gasteiger partial charge on any atom is -0.481 e. The third-order valence-corrected chi connectivity index (χ3v) is 4.29. The smallest absolute Gasteiger partial charge is 0.309 e. The Balaban J connectivity index is 2.52. The van der Waals surface area contributed by atoms with E-state index < -0.39 is 11.4 Å². The van der Waals surface area contributed by atoms with Crippen molar-refractivity contribution in [1.82, 2.24) is 0 Å². The number of carboxylic acids is 1. The lowest BCUT2D eigenvalue weighted by atomic mass is 9.66. The minimum atomic E-state index is -0.598. The van der Waals surface area contributed by atoms with Gasteiger partial charge in [-0.3, -0.25) is 4.79 Å². The predicted molar refractivity (Wildman–Crippen MR) is 67.9 cm³/mol. The third-order valence-electron chi connectivity index (χ3n) is 4.29. The van der Waals surface area contributed by atoms with Gasteiger partial charge >= 0.3 is 5.97 Å². The first-order chi connectivity index (χ1) is 8.14. The molecule has 2 atom stereocenters. The molecule has 100 valence electrons. The van der Waals surface area contributed by atoms with Gasteiger partial charge in [-0.25, -0.2) is 0 Å². The summed E-state index contributed by atoms with van der Waals surface area (Å²) in [5.74, 6) is -0.00246. The molecule has 0 aromatic rings. The highest BCUT2D eigenvalue weighted by molar-refractivity contribution is 5.74. The van der Waals surface area contributed by atoms with Crippen LogP contribution in [-0.4, -0.2) is 22.8 Å². The van der Waals surface area contributed by atoms with Gasteiger partial charge < -0.3 is 10.2 Å². The molecule has 3 heteroatoms. The van der Waals surface area contributed by atoms with Crippen molar-refractivity contribution in [1.29, 1.82) is 0 Å². The number of rotatable bonds is 7. The topological polar surface area (TPSA) is 57.5 Å². The van der Waals surface area contributed by atoms with Gasteiger partial charge in [-0.15, -0.1) is 0 Å². The van der Waals surface area contributed by atoms with Crippen LogP contribution in [-0.2, 0) is 4.79 Å². The van der Waals surface area contributed by atoms with E-state index in [1.807, 2.05) is 0 Å². The Bertz CT molecular complexity index is 240. The van der Waals surface area contributed by atoms with Gasteiger partial charge in [-0.2, -0.15) is 0 Å². The lowest BCUT2D eigenvalue weighted by Gasteiger charge is -2.37. The molecule has 2 unspecified atom stereocenters. The Hall–Kier alpha value is -0.570. The van der Waals surface area contributed by atoms with Gasteiger partial charge in [0.1, 0.15) is 0 Å². The normalized spacial score (nSPS) is 29.2. The van der Waals surface area contributed by atoms with E-state index in [4.69, 9.17) is 5.11 Å². The van der Waals surface area contributed by atoms with Crippen molar-refractivity contribution in [2.75, 3.05) is 6.61 Å². The number of hydrogen-bond donors (Lipinski definition) is 2. The summed E-state index contributed by atoms with van der Waals surface area (Å²) in [7, 11) is 0. The third kappa shape index (κ3) is 3.98. The highest BCUT2D eigenvalue weighted by Crippen LogP contribution is 2.44. The summed E-state index contributed by atoms with van der Waals surface area (Å²) in [5.41, 5.74) is -0.464. The van der Waals surface area contributed by atoms with Crippen LogP contribution in [0, 0.1) is 11.3 Å². The molecule has 2 N–H and O–H groups in total. The Labute approximate surface area is 104 Å². The molecule has 1 saturated carbocycles. The van der Waals surface area contributed by atoms with Crippen molar-refractivity contribution in [2.24, 2.45) is 11.3 Å². The van der Waals surface area contributed by atoms with Gasteiger partial charge in [0, 0.05) is 6.61 Å². The molecule has 0 spiro atoms.